The average molecular weight is 193 g/mol. The number of alkyl halides is 1. The van der Waals surface area contributed by atoms with E-state index >= 15 is 0 Å². The molecule has 1 aliphatic rings. The van der Waals surface area contributed by atoms with Crippen molar-refractivity contribution in [3.05, 3.63) is 12.2 Å². The van der Waals surface area contributed by atoms with Gasteiger partial charge in [-0.1, -0.05) is 12.2 Å². The largest absolute Gasteiger partial charge is 0.260 e. The number of hydrogen-bond donors (Lipinski definition) is 0. The Labute approximate surface area is 75.3 Å². The molecule has 0 spiro atoms. The molecule has 0 aromatic rings. The minimum Gasteiger partial charge on any atom is -0.260 e. The van der Waals surface area contributed by atoms with E-state index in [-0.39, 0.29) is 10.6 Å². The normalized spacial score (nSPS) is 35.3. The van der Waals surface area contributed by atoms with E-state index in [2.05, 4.69) is 6.58 Å². The molecule has 0 N–H and O–H groups in total. The Hall–Kier alpha value is 0.180. The van der Waals surface area contributed by atoms with Gasteiger partial charge in [0, 0.05) is 17.1 Å². The van der Waals surface area contributed by atoms with Gasteiger partial charge in [-0.2, -0.15) is 0 Å². The third-order valence-corrected chi connectivity index (χ3v) is 4.12. The van der Waals surface area contributed by atoms with Crippen LogP contribution in [0.5, 0.6) is 0 Å². The minimum absolute atomic E-state index is 0.0436. The first-order valence-corrected chi connectivity index (χ1v) is 5.80. The van der Waals surface area contributed by atoms with Gasteiger partial charge in [0.15, 0.2) is 0 Å². The predicted molar refractivity (Wildman–Crippen MR) is 50.5 cm³/mol. The topological polar surface area (TPSA) is 17.1 Å². The lowest BCUT2D eigenvalue weighted by molar-refractivity contribution is 0.597. The zero-order valence-electron chi connectivity index (χ0n) is 6.68. The predicted octanol–water partition coefficient (Wildman–Crippen LogP) is 2.08. The summed E-state index contributed by atoms with van der Waals surface area (Å²) >= 11 is 6.02. The van der Waals surface area contributed by atoms with Crippen molar-refractivity contribution < 1.29 is 4.21 Å². The summed E-state index contributed by atoms with van der Waals surface area (Å²) in [5.41, 5.74) is 1.20. The molecular weight excluding hydrogens is 180 g/mol. The Kier molecular flexibility index (Phi) is 3.14. The van der Waals surface area contributed by atoms with Crippen molar-refractivity contribution in [3.63, 3.8) is 0 Å². The van der Waals surface area contributed by atoms with Crippen molar-refractivity contribution in [3.8, 4) is 0 Å². The molecule has 1 aliphatic carbocycles. The van der Waals surface area contributed by atoms with E-state index in [9.17, 15) is 4.21 Å². The zero-order chi connectivity index (χ0) is 8.43. The number of allylic oxidation sites excluding steroid dienone is 1. The van der Waals surface area contributed by atoms with E-state index in [0.29, 0.717) is 0 Å². The van der Waals surface area contributed by atoms with E-state index in [0.717, 1.165) is 19.3 Å². The molecule has 0 aromatic heterocycles. The smallest absolute Gasteiger partial charge is 0.0516 e. The molecule has 0 amide bonds. The Balaban J connectivity index is 2.57. The standard InChI is InChI=1S/C8H13ClOS/c1-6-3-4-8(11(2)10)7(9)5-6/h7-8H,1,3-5H2,2H3. The summed E-state index contributed by atoms with van der Waals surface area (Å²) in [5, 5.41) is 0.226. The van der Waals surface area contributed by atoms with E-state index in [1.54, 1.807) is 6.26 Å². The molecule has 1 saturated carbocycles. The van der Waals surface area contributed by atoms with Crippen LogP contribution in [0.4, 0.5) is 0 Å². The fraction of sp³-hybridized carbons (Fsp3) is 0.750. The molecule has 0 heterocycles. The van der Waals surface area contributed by atoms with Crippen LogP contribution < -0.4 is 0 Å². The molecule has 3 heteroatoms. The van der Waals surface area contributed by atoms with Crippen molar-refractivity contribution >= 4 is 22.4 Å². The number of rotatable bonds is 1. The van der Waals surface area contributed by atoms with Gasteiger partial charge < -0.3 is 0 Å². The highest BCUT2D eigenvalue weighted by molar-refractivity contribution is 7.85. The van der Waals surface area contributed by atoms with Crippen molar-refractivity contribution in [2.45, 2.75) is 29.9 Å². The second-order valence-corrected chi connectivity index (χ2v) is 5.21. The van der Waals surface area contributed by atoms with E-state index < -0.39 is 10.8 Å². The molecule has 1 fully saturated rings. The first kappa shape index (κ1) is 9.27. The molecule has 64 valence electrons. The number of halogens is 1. The maximum atomic E-state index is 11.1. The third-order valence-electron chi connectivity index (χ3n) is 2.10. The van der Waals surface area contributed by atoms with Crippen molar-refractivity contribution in [2.24, 2.45) is 0 Å². The maximum Gasteiger partial charge on any atom is 0.0516 e. The summed E-state index contributed by atoms with van der Waals surface area (Å²) in [6.07, 6.45) is 4.50. The summed E-state index contributed by atoms with van der Waals surface area (Å²) in [5.74, 6) is 0. The summed E-state index contributed by atoms with van der Waals surface area (Å²) in [6.45, 7) is 3.87. The summed E-state index contributed by atoms with van der Waals surface area (Å²) in [7, 11) is -0.770. The fourth-order valence-corrected chi connectivity index (χ4v) is 3.15. The highest BCUT2D eigenvalue weighted by atomic mass is 35.5. The highest BCUT2D eigenvalue weighted by Crippen LogP contribution is 2.29. The van der Waals surface area contributed by atoms with E-state index in [1.807, 2.05) is 0 Å². The second-order valence-electron chi connectivity index (χ2n) is 3.05. The van der Waals surface area contributed by atoms with Gasteiger partial charge in [-0.3, -0.25) is 4.21 Å². The quantitative estimate of drug-likeness (QED) is 0.459. The third kappa shape index (κ3) is 2.31. The van der Waals surface area contributed by atoms with Crippen LogP contribution in [0, 0.1) is 0 Å². The lowest BCUT2D eigenvalue weighted by Crippen LogP contribution is -2.29. The SMILES string of the molecule is C=C1CCC(S(C)=O)C(Cl)C1. The van der Waals surface area contributed by atoms with Gasteiger partial charge in [0.1, 0.15) is 0 Å². The molecule has 0 bridgehead atoms. The fourth-order valence-electron chi connectivity index (χ4n) is 1.41. The molecule has 0 radical (unpaired) electrons. The molecule has 11 heavy (non-hydrogen) atoms. The molecule has 3 atom stereocenters. The van der Waals surface area contributed by atoms with Crippen LogP contribution in [-0.2, 0) is 10.8 Å². The van der Waals surface area contributed by atoms with Crippen LogP contribution >= 0.6 is 11.6 Å². The average Bonchev–Trinajstić information content (AvgIpc) is 1.85. The zero-order valence-corrected chi connectivity index (χ0v) is 8.25. The second kappa shape index (κ2) is 3.72. The molecule has 0 saturated heterocycles. The lowest BCUT2D eigenvalue weighted by atomic mass is 9.95. The van der Waals surface area contributed by atoms with Crippen molar-refractivity contribution in [1.82, 2.24) is 0 Å². The van der Waals surface area contributed by atoms with Gasteiger partial charge in [-0.25, -0.2) is 0 Å². The first-order valence-electron chi connectivity index (χ1n) is 3.74. The Morgan fingerprint density at radius 3 is 2.82 bits per heavy atom. The number of hydrogen-bond acceptors (Lipinski definition) is 1. The minimum atomic E-state index is -0.770. The van der Waals surface area contributed by atoms with Crippen LogP contribution in [-0.4, -0.2) is 21.1 Å². The van der Waals surface area contributed by atoms with Crippen LogP contribution in [0.15, 0.2) is 12.2 Å². The Morgan fingerprint density at radius 2 is 2.36 bits per heavy atom. The van der Waals surface area contributed by atoms with Crippen LogP contribution in [0.2, 0.25) is 0 Å². The van der Waals surface area contributed by atoms with Gasteiger partial charge in [-0.15, -0.1) is 11.6 Å². The van der Waals surface area contributed by atoms with Crippen molar-refractivity contribution in [1.29, 1.82) is 0 Å². The van der Waals surface area contributed by atoms with Crippen LogP contribution in [0.3, 0.4) is 0 Å². The van der Waals surface area contributed by atoms with E-state index in [4.69, 9.17) is 11.6 Å². The van der Waals surface area contributed by atoms with Gasteiger partial charge in [0.25, 0.3) is 0 Å². The van der Waals surface area contributed by atoms with Gasteiger partial charge in [0.2, 0.25) is 0 Å². The Bertz CT molecular complexity index is 191. The summed E-state index contributed by atoms with van der Waals surface area (Å²) in [6, 6.07) is 0. The van der Waals surface area contributed by atoms with Gasteiger partial charge in [-0.05, 0) is 19.3 Å². The molecule has 1 rings (SSSR count). The summed E-state index contributed by atoms with van der Waals surface area (Å²) < 4.78 is 11.1. The summed E-state index contributed by atoms with van der Waals surface area (Å²) in [4.78, 5) is 0. The highest BCUT2D eigenvalue weighted by Gasteiger charge is 2.27. The van der Waals surface area contributed by atoms with Crippen LogP contribution in [0.25, 0.3) is 0 Å². The van der Waals surface area contributed by atoms with Crippen LogP contribution in [0.1, 0.15) is 19.3 Å². The van der Waals surface area contributed by atoms with E-state index in [1.165, 1.54) is 5.57 Å². The van der Waals surface area contributed by atoms with Gasteiger partial charge in [0.05, 0.1) is 10.6 Å². The monoisotopic (exact) mass is 192 g/mol. The Morgan fingerprint density at radius 1 is 1.73 bits per heavy atom. The molecular formula is C8H13ClOS. The van der Waals surface area contributed by atoms with Gasteiger partial charge >= 0.3 is 0 Å². The molecule has 3 unspecified atom stereocenters. The maximum absolute atomic E-state index is 11.1. The molecule has 1 nitrogen and oxygen atoms in total. The lowest BCUT2D eigenvalue weighted by Gasteiger charge is -2.26. The molecule has 0 aliphatic heterocycles. The molecule has 0 aromatic carbocycles. The van der Waals surface area contributed by atoms with Crippen molar-refractivity contribution in [2.75, 3.05) is 6.26 Å². The first-order chi connectivity index (χ1) is 5.11.